The van der Waals surface area contributed by atoms with Gasteiger partial charge < -0.3 is 20.7 Å². The number of halogens is 1. The van der Waals surface area contributed by atoms with Gasteiger partial charge in [0.15, 0.2) is 5.96 Å². The molecule has 7 heteroatoms. The normalized spacial score (nSPS) is 21.0. The number of likely N-dealkylation sites (tertiary alicyclic amines) is 1. The van der Waals surface area contributed by atoms with Gasteiger partial charge in [0.2, 0.25) is 0 Å². The van der Waals surface area contributed by atoms with Crippen molar-refractivity contribution in [1.82, 2.24) is 10.2 Å². The largest absolute Gasteiger partial charge is 0.450 e. The molecule has 0 bridgehead atoms. The molecule has 1 saturated carbocycles. The summed E-state index contributed by atoms with van der Waals surface area (Å²) >= 11 is 0. The highest BCUT2D eigenvalue weighted by molar-refractivity contribution is 14.0. The molecule has 128 valence electrons. The zero-order chi connectivity index (χ0) is 15.3. The molecule has 0 radical (unpaired) electrons. The minimum absolute atomic E-state index is 0. The third-order valence-electron chi connectivity index (χ3n) is 4.66. The van der Waals surface area contributed by atoms with Crippen LogP contribution in [-0.4, -0.2) is 49.2 Å². The molecule has 22 heavy (non-hydrogen) atoms. The van der Waals surface area contributed by atoms with Gasteiger partial charge in [-0.05, 0) is 44.4 Å². The number of aliphatic imine (C=N–C) groups is 1. The summed E-state index contributed by atoms with van der Waals surface area (Å²) in [6.07, 6.45) is 5.29. The lowest BCUT2D eigenvalue weighted by Gasteiger charge is -2.31. The molecule has 1 aliphatic carbocycles. The van der Waals surface area contributed by atoms with Crippen LogP contribution >= 0.6 is 24.0 Å². The Kier molecular flexibility index (Phi) is 7.71. The summed E-state index contributed by atoms with van der Waals surface area (Å²) in [4.78, 5) is 17.9. The molecular weight excluding hydrogens is 395 g/mol. The SMILES string of the molecule is CCOC(=O)N1CCC(NC(N)=NCC2(CC)CC2)CC1.I. The number of carbonyl (C=O) groups is 1. The standard InChI is InChI=1S/C15H28N4O2.HI/c1-3-15(7-8-15)11-17-13(16)18-12-5-9-19(10-6-12)14(20)21-4-2;/h12H,3-11H2,1-2H3,(H3,16,17,18);1H. The van der Waals surface area contributed by atoms with Gasteiger partial charge in [0.05, 0.1) is 6.61 Å². The van der Waals surface area contributed by atoms with E-state index in [2.05, 4.69) is 17.2 Å². The van der Waals surface area contributed by atoms with Crippen molar-refractivity contribution < 1.29 is 9.53 Å². The first kappa shape index (κ1) is 19.3. The van der Waals surface area contributed by atoms with Crippen molar-refractivity contribution in [3.63, 3.8) is 0 Å². The first-order valence-electron chi connectivity index (χ1n) is 8.07. The second kappa shape index (κ2) is 8.79. The van der Waals surface area contributed by atoms with Crippen LogP contribution in [0, 0.1) is 5.41 Å². The molecule has 2 aliphatic rings. The van der Waals surface area contributed by atoms with E-state index in [4.69, 9.17) is 10.5 Å². The van der Waals surface area contributed by atoms with Gasteiger partial charge in [-0.1, -0.05) is 6.92 Å². The van der Waals surface area contributed by atoms with Crippen molar-refractivity contribution in [3.05, 3.63) is 0 Å². The fraction of sp³-hybridized carbons (Fsp3) is 0.867. The van der Waals surface area contributed by atoms with Gasteiger partial charge in [0.1, 0.15) is 0 Å². The third-order valence-corrected chi connectivity index (χ3v) is 4.66. The maximum absolute atomic E-state index is 11.6. The number of piperidine rings is 1. The number of hydrogen-bond acceptors (Lipinski definition) is 3. The predicted octanol–water partition coefficient (Wildman–Crippen LogP) is 2.32. The fourth-order valence-corrected chi connectivity index (χ4v) is 2.73. The van der Waals surface area contributed by atoms with E-state index in [1.54, 1.807) is 4.90 Å². The molecule has 3 N–H and O–H groups in total. The van der Waals surface area contributed by atoms with E-state index >= 15 is 0 Å². The summed E-state index contributed by atoms with van der Waals surface area (Å²) in [7, 11) is 0. The molecular formula is C15H29IN4O2. The number of nitrogens with zero attached hydrogens (tertiary/aromatic N) is 2. The zero-order valence-electron chi connectivity index (χ0n) is 13.6. The minimum atomic E-state index is -0.212. The van der Waals surface area contributed by atoms with Gasteiger partial charge >= 0.3 is 6.09 Å². The summed E-state index contributed by atoms with van der Waals surface area (Å²) in [6.45, 7) is 6.73. The number of hydrogen-bond donors (Lipinski definition) is 2. The molecule has 0 aromatic heterocycles. The van der Waals surface area contributed by atoms with Crippen molar-refractivity contribution in [1.29, 1.82) is 0 Å². The maximum atomic E-state index is 11.6. The van der Waals surface area contributed by atoms with Crippen molar-refractivity contribution in [3.8, 4) is 0 Å². The highest BCUT2D eigenvalue weighted by Crippen LogP contribution is 2.48. The third kappa shape index (κ3) is 5.48. The highest BCUT2D eigenvalue weighted by atomic mass is 127. The first-order valence-corrected chi connectivity index (χ1v) is 8.07. The number of ether oxygens (including phenoxy) is 1. The number of carbonyl (C=O) groups excluding carboxylic acids is 1. The Balaban J connectivity index is 0.00000242. The molecule has 0 spiro atoms. The Labute approximate surface area is 150 Å². The van der Waals surface area contributed by atoms with E-state index in [0.717, 1.165) is 19.4 Å². The minimum Gasteiger partial charge on any atom is -0.450 e. The second-order valence-corrected chi connectivity index (χ2v) is 6.16. The van der Waals surface area contributed by atoms with Crippen LogP contribution in [0.4, 0.5) is 4.79 Å². The molecule has 1 saturated heterocycles. The van der Waals surface area contributed by atoms with Gasteiger partial charge in [-0.2, -0.15) is 0 Å². The Morgan fingerprint density at radius 1 is 1.36 bits per heavy atom. The molecule has 2 rings (SSSR count). The second-order valence-electron chi connectivity index (χ2n) is 6.16. The lowest BCUT2D eigenvalue weighted by Crippen LogP contribution is -2.48. The molecule has 6 nitrogen and oxygen atoms in total. The van der Waals surface area contributed by atoms with Gasteiger partial charge in [0.25, 0.3) is 0 Å². The summed E-state index contributed by atoms with van der Waals surface area (Å²) < 4.78 is 5.01. The van der Waals surface area contributed by atoms with Crippen molar-refractivity contribution in [2.75, 3.05) is 26.2 Å². The van der Waals surface area contributed by atoms with Crippen molar-refractivity contribution in [2.24, 2.45) is 16.1 Å². The predicted molar refractivity (Wildman–Crippen MR) is 98.6 cm³/mol. The van der Waals surface area contributed by atoms with Crippen LogP contribution in [0.15, 0.2) is 4.99 Å². The monoisotopic (exact) mass is 424 g/mol. The summed E-state index contributed by atoms with van der Waals surface area (Å²) in [5.41, 5.74) is 6.40. The summed E-state index contributed by atoms with van der Waals surface area (Å²) in [6, 6.07) is 0.302. The maximum Gasteiger partial charge on any atom is 0.409 e. The van der Waals surface area contributed by atoms with Gasteiger partial charge in [-0.15, -0.1) is 24.0 Å². The van der Waals surface area contributed by atoms with E-state index < -0.39 is 0 Å². The number of nitrogens with one attached hydrogen (secondary N) is 1. The van der Waals surface area contributed by atoms with Crippen LogP contribution in [0.2, 0.25) is 0 Å². The molecule has 1 aliphatic heterocycles. The molecule has 1 heterocycles. The summed E-state index contributed by atoms with van der Waals surface area (Å²) in [5, 5.41) is 3.28. The fourth-order valence-electron chi connectivity index (χ4n) is 2.73. The van der Waals surface area contributed by atoms with Crippen LogP contribution < -0.4 is 11.1 Å². The molecule has 0 unspecified atom stereocenters. The number of rotatable bonds is 5. The lowest BCUT2D eigenvalue weighted by atomic mass is 10.0. The Morgan fingerprint density at radius 2 is 2.00 bits per heavy atom. The average molecular weight is 424 g/mol. The first-order chi connectivity index (χ1) is 10.1. The topological polar surface area (TPSA) is 80.0 Å². The molecule has 0 atom stereocenters. The quantitative estimate of drug-likeness (QED) is 0.403. The van der Waals surface area contributed by atoms with Gasteiger partial charge in [0, 0.05) is 25.7 Å². The Hall–Kier alpha value is -0.730. The van der Waals surface area contributed by atoms with Crippen LogP contribution in [0.1, 0.15) is 46.0 Å². The van der Waals surface area contributed by atoms with E-state index in [-0.39, 0.29) is 30.1 Å². The van der Waals surface area contributed by atoms with E-state index in [1.165, 1.54) is 19.3 Å². The highest BCUT2D eigenvalue weighted by Gasteiger charge is 2.40. The van der Waals surface area contributed by atoms with E-state index in [1.807, 2.05) is 6.92 Å². The van der Waals surface area contributed by atoms with E-state index in [0.29, 0.717) is 37.1 Å². The zero-order valence-corrected chi connectivity index (χ0v) is 16.0. The van der Waals surface area contributed by atoms with Crippen molar-refractivity contribution in [2.45, 2.75) is 52.0 Å². The molecule has 1 amide bonds. The van der Waals surface area contributed by atoms with Gasteiger partial charge in [-0.25, -0.2) is 4.79 Å². The Morgan fingerprint density at radius 3 is 2.50 bits per heavy atom. The molecule has 0 aromatic carbocycles. The Bertz CT molecular complexity index is 391. The number of amides is 1. The van der Waals surface area contributed by atoms with Crippen LogP contribution in [0.3, 0.4) is 0 Å². The average Bonchev–Trinajstić information content (AvgIpc) is 3.27. The molecule has 2 fully saturated rings. The molecule has 0 aromatic rings. The van der Waals surface area contributed by atoms with Crippen LogP contribution in [0.5, 0.6) is 0 Å². The van der Waals surface area contributed by atoms with Crippen LogP contribution in [-0.2, 0) is 4.74 Å². The van der Waals surface area contributed by atoms with E-state index in [9.17, 15) is 4.79 Å². The number of guanidine groups is 1. The van der Waals surface area contributed by atoms with Gasteiger partial charge in [-0.3, -0.25) is 4.99 Å². The van der Waals surface area contributed by atoms with Crippen molar-refractivity contribution >= 4 is 36.0 Å². The van der Waals surface area contributed by atoms with Crippen LogP contribution in [0.25, 0.3) is 0 Å². The lowest BCUT2D eigenvalue weighted by molar-refractivity contribution is 0.0963. The summed E-state index contributed by atoms with van der Waals surface area (Å²) in [5.74, 6) is 0.546. The smallest absolute Gasteiger partial charge is 0.409 e. The number of nitrogens with two attached hydrogens (primary N) is 1.